The van der Waals surface area contributed by atoms with Crippen molar-refractivity contribution in [2.24, 2.45) is 4.99 Å². The second-order valence-corrected chi connectivity index (χ2v) is 8.06. The lowest BCUT2D eigenvalue weighted by atomic mass is 9.96. The number of nitrogens with zero attached hydrogens (tertiary/aromatic N) is 1. The molecule has 1 aliphatic heterocycles. The van der Waals surface area contributed by atoms with E-state index in [1.165, 1.54) is 45.2 Å². The maximum atomic E-state index is 13.2. The first-order valence-corrected chi connectivity index (χ1v) is 11.3. The van der Waals surface area contributed by atoms with Crippen LogP contribution in [0.1, 0.15) is 31.0 Å². The van der Waals surface area contributed by atoms with Gasteiger partial charge in [0.1, 0.15) is 11.9 Å². The zero-order chi connectivity index (χ0) is 24.0. The molecule has 2 aromatic carbocycles. The number of allylic oxidation sites excluding steroid dienone is 1. The Morgan fingerprint density at radius 3 is 2.27 bits per heavy atom. The van der Waals surface area contributed by atoms with E-state index in [9.17, 15) is 9.18 Å². The van der Waals surface area contributed by atoms with Gasteiger partial charge in [-0.15, -0.1) is 0 Å². The molecule has 1 atom stereocenters. The molecular formula is C24H27FN2O5S. The van der Waals surface area contributed by atoms with Crippen molar-refractivity contribution in [3.05, 3.63) is 64.6 Å². The van der Waals surface area contributed by atoms with Gasteiger partial charge in [-0.25, -0.2) is 14.2 Å². The average molecular weight is 475 g/mol. The summed E-state index contributed by atoms with van der Waals surface area (Å²) in [5.41, 5.74) is 2.68. The zero-order valence-electron chi connectivity index (χ0n) is 19.2. The molecule has 1 aliphatic rings. The molecule has 1 heterocycles. The number of methoxy groups -OCH3 is 3. The number of thioether (sulfide) groups is 1. The topological polar surface area (TPSA) is 78.4 Å². The lowest BCUT2D eigenvalue weighted by molar-refractivity contribution is -0.138. The van der Waals surface area contributed by atoms with Crippen molar-refractivity contribution >= 4 is 22.9 Å². The Kier molecular flexibility index (Phi) is 8.21. The van der Waals surface area contributed by atoms with Crippen molar-refractivity contribution in [1.82, 2.24) is 5.32 Å². The Hall–Kier alpha value is -3.20. The molecular weight excluding hydrogens is 447 g/mol. The number of aliphatic imine (C=N–C) groups is 1. The van der Waals surface area contributed by atoms with Crippen LogP contribution in [0.3, 0.4) is 0 Å². The summed E-state index contributed by atoms with van der Waals surface area (Å²) in [7, 11) is 4.59. The van der Waals surface area contributed by atoms with Crippen LogP contribution >= 0.6 is 11.8 Å². The van der Waals surface area contributed by atoms with Crippen molar-refractivity contribution in [2.75, 3.05) is 27.9 Å². The van der Waals surface area contributed by atoms with E-state index in [0.717, 1.165) is 5.56 Å². The van der Waals surface area contributed by atoms with Crippen LogP contribution < -0.4 is 19.5 Å². The van der Waals surface area contributed by atoms with E-state index in [-0.39, 0.29) is 12.4 Å². The summed E-state index contributed by atoms with van der Waals surface area (Å²) in [6.07, 6.45) is 0. The summed E-state index contributed by atoms with van der Waals surface area (Å²) >= 11 is 1.46. The molecule has 0 unspecified atom stereocenters. The maximum absolute atomic E-state index is 13.2. The highest BCUT2D eigenvalue weighted by Gasteiger charge is 2.32. The number of carbonyl (C=O) groups is 1. The van der Waals surface area contributed by atoms with Gasteiger partial charge in [-0.2, -0.15) is 0 Å². The summed E-state index contributed by atoms with van der Waals surface area (Å²) < 4.78 is 34.9. The number of benzene rings is 2. The molecule has 2 aromatic rings. The van der Waals surface area contributed by atoms with Gasteiger partial charge in [0.25, 0.3) is 0 Å². The molecule has 0 spiro atoms. The standard InChI is InChI=1S/C24H27FN2O5S/c1-6-32-23(28)20-14(2)26-24(33-13-15-7-9-17(25)10-8-15)27-21(20)16-11-18(29-3)22(31-5)19(12-16)30-4/h7-12,21H,6,13H2,1-5H3,(H,26,27)/t21-/m0/s1. The summed E-state index contributed by atoms with van der Waals surface area (Å²) in [5.74, 6) is 1.22. The number of halogens is 1. The fourth-order valence-electron chi connectivity index (χ4n) is 3.43. The third kappa shape index (κ3) is 5.60. The number of nitrogens with one attached hydrogen (secondary N) is 1. The minimum absolute atomic E-state index is 0.244. The Labute approximate surface area is 197 Å². The van der Waals surface area contributed by atoms with E-state index < -0.39 is 12.0 Å². The van der Waals surface area contributed by atoms with Gasteiger partial charge in [0, 0.05) is 11.4 Å². The maximum Gasteiger partial charge on any atom is 0.338 e. The van der Waals surface area contributed by atoms with Gasteiger partial charge in [0.15, 0.2) is 16.7 Å². The number of esters is 1. The lowest BCUT2D eigenvalue weighted by Gasteiger charge is -2.26. The molecule has 1 N–H and O–H groups in total. The van der Waals surface area contributed by atoms with Gasteiger partial charge in [0.05, 0.1) is 33.5 Å². The first-order chi connectivity index (χ1) is 15.9. The number of hydrogen-bond acceptors (Lipinski definition) is 8. The molecule has 0 amide bonds. The van der Waals surface area contributed by atoms with Crippen LogP contribution in [0.2, 0.25) is 0 Å². The minimum Gasteiger partial charge on any atom is -0.493 e. The summed E-state index contributed by atoms with van der Waals surface area (Å²) in [4.78, 5) is 17.6. The first-order valence-electron chi connectivity index (χ1n) is 10.3. The van der Waals surface area contributed by atoms with Gasteiger partial charge in [-0.05, 0) is 49.2 Å². The van der Waals surface area contributed by atoms with Gasteiger partial charge in [-0.1, -0.05) is 23.9 Å². The predicted octanol–water partition coefficient (Wildman–Crippen LogP) is 4.62. The Balaban J connectivity index is 2.01. The van der Waals surface area contributed by atoms with Crippen LogP contribution in [0, 0.1) is 5.82 Å². The monoisotopic (exact) mass is 474 g/mol. The van der Waals surface area contributed by atoms with Gasteiger partial charge in [0.2, 0.25) is 5.75 Å². The van der Waals surface area contributed by atoms with E-state index in [1.807, 2.05) is 6.92 Å². The van der Waals surface area contributed by atoms with E-state index in [4.69, 9.17) is 23.9 Å². The molecule has 0 saturated carbocycles. The normalized spacial score (nSPS) is 15.5. The van der Waals surface area contributed by atoms with Crippen LogP contribution in [-0.4, -0.2) is 39.1 Å². The minimum atomic E-state index is -0.644. The molecule has 9 heteroatoms. The number of hydrogen-bond donors (Lipinski definition) is 1. The van der Waals surface area contributed by atoms with Crippen molar-refractivity contribution < 1.29 is 28.1 Å². The molecule has 0 radical (unpaired) electrons. The molecule has 33 heavy (non-hydrogen) atoms. The summed E-state index contributed by atoms with van der Waals surface area (Å²) in [6, 6.07) is 9.22. The van der Waals surface area contributed by atoms with Crippen LogP contribution in [0.5, 0.6) is 17.2 Å². The number of rotatable bonds is 8. The third-order valence-electron chi connectivity index (χ3n) is 5.01. The van der Waals surface area contributed by atoms with E-state index >= 15 is 0 Å². The van der Waals surface area contributed by atoms with Crippen LogP contribution in [-0.2, 0) is 15.3 Å². The smallest absolute Gasteiger partial charge is 0.338 e. The van der Waals surface area contributed by atoms with Gasteiger partial charge >= 0.3 is 5.97 Å². The van der Waals surface area contributed by atoms with Gasteiger partial charge in [-0.3, -0.25) is 0 Å². The number of carbonyl (C=O) groups excluding carboxylic acids is 1. The fourth-order valence-corrected chi connectivity index (χ4v) is 4.33. The number of amidine groups is 1. The molecule has 3 rings (SSSR count). The highest BCUT2D eigenvalue weighted by Crippen LogP contribution is 2.43. The second kappa shape index (κ2) is 11.1. The predicted molar refractivity (Wildman–Crippen MR) is 126 cm³/mol. The van der Waals surface area contributed by atoms with Crippen LogP contribution in [0.25, 0.3) is 0 Å². The Morgan fingerprint density at radius 2 is 1.73 bits per heavy atom. The van der Waals surface area contributed by atoms with Crippen LogP contribution in [0.15, 0.2) is 52.7 Å². The first kappa shape index (κ1) is 24.4. The molecule has 0 bridgehead atoms. The highest BCUT2D eigenvalue weighted by atomic mass is 32.2. The zero-order valence-corrected chi connectivity index (χ0v) is 20.0. The molecule has 0 fully saturated rings. The molecule has 0 aliphatic carbocycles. The van der Waals surface area contributed by atoms with Crippen molar-refractivity contribution in [3.63, 3.8) is 0 Å². The van der Waals surface area contributed by atoms with Crippen molar-refractivity contribution in [2.45, 2.75) is 25.6 Å². The van der Waals surface area contributed by atoms with Crippen LogP contribution in [0.4, 0.5) is 4.39 Å². The molecule has 0 aromatic heterocycles. The fraction of sp³-hybridized carbons (Fsp3) is 0.333. The summed E-state index contributed by atoms with van der Waals surface area (Å²) in [6.45, 7) is 3.81. The average Bonchev–Trinajstić information content (AvgIpc) is 2.82. The van der Waals surface area contributed by atoms with Gasteiger partial charge < -0.3 is 24.3 Å². The molecule has 7 nitrogen and oxygen atoms in total. The summed E-state index contributed by atoms with van der Waals surface area (Å²) in [5, 5.41) is 3.83. The third-order valence-corrected chi connectivity index (χ3v) is 5.96. The van der Waals surface area contributed by atoms with E-state index in [1.54, 1.807) is 31.2 Å². The Morgan fingerprint density at radius 1 is 1.09 bits per heavy atom. The lowest BCUT2D eigenvalue weighted by Crippen LogP contribution is -2.30. The van der Waals surface area contributed by atoms with E-state index in [0.29, 0.717) is 45.0 Å². The molecule has 176 valence electrons. The highest BCUT2D eigenvalue weighted by molar-refractivity contribution is 8.13. The SMILES string of the molecule is CCOC(=O)C1=C(C)NC(SCc2ccc(F)cc2)=N[C@H]1c1cc(OC)c(OC)c(OC)c1. The largest absolute Gasteiger partial charge is 0.493 e. The molecule has 0 saturated heterocycles. The van der Waals surface area contributed by atoms with E-state index in [2.05, 4.69) is 5.32 Å². The second-order valence-electron chi connectivity index (χ2n) is 7.09. The number of ether oxygens (including phenoxy) is 4. The quantitative estimate of drug-likeness (QED) is 0.559. The van der Waals surface area contributed by atoms with Crippen molar-refractivity contribution in [3.8, 4) is 17.2 Å². The Bertz CT molecular complexity index is 1040. The van der Waals surface area contributed by atoms with Crippen molar-refractivity contribution in [1.29, 1.82) is 0 Å².